The summed E-state index contributed by atoms with van der Waals surface area (Å²) in [6, 6.07) is 1.87. The number of Topliss-reactive ketones (excluding diaryl/α,β-unsaturated/α-hetero) is 1. The van der Waals surface area contributed by atoms with Crippen LogP contribution in [0.25, 0.3) is 5.57 Å². The fraction of sp³-hybridized carbons (Fsp3) is 0.353. The van der Waals surface area contributed by atoms with Crippen molar-refractivity contribution in [2.45, 2.75) is 25.7 Å². The van der Waals surface area contributed by atoms with E-state index in [0.29, 0.717) is 18.4 Å². The number of hydrogen-bond acceptors (Lipinski definition) is 3. The molecule has 1 aliphatic carbocycles. The Hall–Kier alpha value is -1.79. The summed E-state index contributed by atoms with van der Waals surface area (Å²) in [5.41, 5.74) is 2.43. The minimum Gasteiger partial charge on any atom is -0.481 e. The van der Waals surface area contributed by atoms with Crippen LogP contribution in [-0.2, 0) is 9.59 Å². The van der Waals surface area contributed by atoms with Crippen molar-refractivity contribution in [1.82, 2.24) is 10.2 Å². The van der Waals surface area contributed by atoms with Gasteiger partial charge in [0.05, 0.1) is 11.6 Å². The molecule has 2 aliphatic rings. The van der Waals surface area contributed by atoms with Gasteiger partial charge in [-0.05, 0) is 55.9 Å². The lowest BCUT2D eigenvalue weighted by molar-refractivity contribution is -0.147. The zero-order chi connectivity index (χ0) is 16.2. The number of carboxylic acids is 1. The Morgan fingerprint density at radius 2 is 2.04 bits per heavy atom. The average molecular weight is 424 g/mol. The van der Waals surface area contributed by atoms with Gasteiger partial charge in [0.15, 0.2) is 5.78 Å². The van der Waals surface area contributed by atoms with Crippen molar-refractivity contribution < 1.29 is 14.7 Å². The van der Waals surface area contributed by atoms with Gasteiger partial charge in [0.2, 0.25) is 0 Å². The van der Waals surface area contributed by atoms with Gasteiger partial charge in [-0.1, -0.05) is 16.5 Å². The molecule has 1 aliphatic heterocycles. The number of nitrogens with zero attached hydrogens (tertiary/aromatic N) is 1. The van der Waals surface area contributed by atoms with Crippen molar-refractivity contribution in [2.75, 3.05) is 0 Å². The minimum atomic E-state index is -0.848. The highest BCUT2D eigenvalue weighted by molar-refractivity contribution is 14.2. The maximum Gasteiger partial charge on any atom is 0.307 e. The third-order valence-electron chi connectivity index (χ3n) is 4.25. The van der Waals surface area contributed by atoms with Crippen LogP contribution in [0.5, 0.6) is 0 Å². The predicted octanol–water partition coefficient (Wildman–Crippen LogP) is 3.08. The van der Waals surface area contributed by atoms with Crippen molar-refractivity contribution in [3.63, 3.8) is 0 Å². The molecule has 0 unspecified atom stereocenters. The Kier molecular flexibility index (Phi) is 5.03. The van der Waals surface area contributed by atoms with Crippen molar-refractivity contribution in [1.29, 1.82) is 0 Å². The second-order valence-electron chi connectivity index (χ2n) is 5.69. The summed E-state index contributed by atoms with van der Waals surface area (Å²) in [5, 5.41) is 16.2. The van der Waals surface area contributed by atoms with E-state index in [1.807, 2.05) is 16.2 Å². The number of halogens is 1. The van der Waals surface area contributed by atoms with Crippen molar-refractivity contribution >= 4 is 41.7 Å². The quantitative estimate of drug-likeness (QED) is 0.728. The molecule has 6 heteroatoms. The van der Waals surface area contributed by atoms with E-state index >= 15 is 0 Å². The SMILES string of the molecule is O=C(O)[C@@H]1CCCC[C@H]1C(=O)C1=CI=C=C(c2ccn[nH]2)C=C1. The van der Waals surface area contributed by atoms with E-state index in [-0.39, 0.29) is 5.78 Å². The molecular weight excluding hydrogens is 407 g/mol. The molecule has 2 atom stereocenters. The van der Waals surface area contributed by atoms with Gasteiger partial charge in [0.25, 0.3) is 0 Å². The summed E-state index contributed by atoms with van der Waals surface area (Å²) >= 11 is -0.514. The minimum absolute atomic E-state index is 0.0271. The second kappa shape index (κ2) is 7.19. The van der Waals surface area contributed by atoms with Crippen LogP contribution in [0.3, 0.4) is 0 Å². The molecule has 120 valence electrons. The van der Waals surface area contributed by atoms with E-state index in [2.05, 4.69) is 13.9 Å². The number of carbonyl (C=O) groups is 2. The van der Waals surface area contributed by atoms with E-state index in [9.17, 15) is 14.7 Å². The van der Waals surface area contributed by atoms with E-state index < -0.39 is 38.5 Å². The summed E-state index contributed by atoms with van der Waals surface area (Å²) < 4.78 is 5.27. The molecule has 0 aromatic carbocycles. The zero-order valence-corrected chi connectivity index (χ0v) is 14.6. The van der Waals surface area contributed by atoms with Crippen molar-refractivity contribution in [2.24, 2.45) is 11.8 Å². The number of aromatic nitrogens is 2. The number of allylic oxidation sites excluding steroid dienone is 4. The van der Waals surface area contributed by atoms with Crippen LogP contribution in [-0.4, -0.2) is 30.7 Å². The molecule has 1 aromatic heterocycles. The second-order valence-corrected chi connectivity index (χ2v) is 7.47. The average Bonchev–Trinajstić information content (AvgIpc) is 2.99. The third kappa shape index (κ3) is 3.59. The molecule has 5 nitrogen and oxygen atoms in total. The number of carbonyl (C=O) groups excluding carboxylic acids is 1. The molecule has 23 heavy (non-hydrogen) atoms. The van der Waals surface area contributed by atoms with Gasteiger partial charge < -0.3 is 5.11 Å². The Morgan fingerprint density at radius 3 is 2.74 bits per heavy atom. The maximum atomic E-state index is 12.8. The smallest absolute Gasteiger partial charge is 0.307 e. The molecule has 0 saturated heterocycles. The first-order chi connectivity index (χ1) is 11.2. The number of aromatic amines is 1. The van der Waals surface area contributed by atoms with Crippen LogP contribution in [0, 0.1) is 11.8 Å². The Bertz CT molecular complexity index is 740. The lowest BCUT2D eigenvalue weighted by Crippen LogP contribution is -2.33. The van der Waals surface area contributed by atoms with Gasteiger partial charge >= 0.3 is 5.97 Å². The zero-order valence-electron chi connectivity index (χ0n) is 12.5. The lowest BCUT2D eigenvalue weighted by Gasteiger charge is -2.27. The standard InChI is InChI=1S/C17H17IN2O3/c21-16(13-3-1-2-4-14(13)17(22)23)12-6-5-11(9-18-10-12)15-7-8-19-20-15/h5-8,10,13-14H,1-4H2,(H,19,20)(H,22,23)/t13-,14-/m1/s1. The largest absolute Gasteiger partial charge is 0.481 e. The highest BCUT2D eigenvalue weighted by atomic mass is 127. The molecule has 0 amide bonds. The highest BCUT2D eigenvalue weighted by Gasteiger charge is 2.36. The van der Waals surface area contributed by atoms with Gasteiger partial charge in [0, 0.05) is 23.3 Å². The topological polar surface area (TPSA) is 83.0 Å². The number of hydrogen-bond donors (Lipinski definition) is 2. The summed E-state index contributed by atoms with van der Waals surface area (Å²) in [4.78, 5) is 24.2. The predicted molar refractivity (Wildman–Crippen MR) is 96.3 cm³/mol. The molecule has 0 spiro atoms. The lowest BCUT2D eigenvalue weighted by atomic mass is 9.75. The molecule has 0 radical (unpaired) electrons. The van der Waals surface area contributed by atoms with Gasteiger partial charge in [0.1, 0.15) is 0 Å². The summed E-state index contributed by atoms with van der Waals surface area (Å²) in [6.07, 6.45) is 8.43. The first-order valence-electron chi connectivity index (χ1n) is 7.57. The number of aliphatic carboxylic acids is 1. The fourth-order valence-electron chi connectivity index (χ4n) is 3.02. The molecule has 0 bridgehead atoms. The number of H-pyrrole nitrogens is 1. The highest BCUT2D eigenvalue weighted by Crippen LogP contribution is 2.33. The number of nitrogens with one attached hydrogen (secondary N) is 1. The van der Waals surface area contributed by atoms with Gasteiger partial charge in [-0.15, -0.1) is 0 Å². The first-order valence-corrected chi connectivity index (χ1v) is 9.89. The fourth-order valence-corrected chi connectivity index (χ4v) is 4.83. The van der Waals surface area contributed by atoms with Crippen LogP contribution < -0.4 is 0 Å². The van der Waals surface area contributed by atoms with E-state index in [1.54, 1.807) is 12.3 Å². The Morgan fingerprint density at radius 1 is 1.26 bits per heavy atom. The van der Waals surface area contributed by atoms with E-state index in [0.717, 1.165) is 24.1 Å². The monoisotopic (exact) mass is 424 g/mol. The number of rotatable bonds is 4. The van der Waals surface area contributed by atoms with Crippen LogP contribution in [0.2, 0.25) is 0 Å². The molecule has 1 aromatic rings. The molecule has 2 heterocycles. The molecular formula is C17H17IN2O3. The Labute approximate surface area is 143 Å². The van der Waals surface area contributed by atoms with Crippen molar-refractivity contribution in [3.8, 4) is 0 Å². The van der Waals surface area contributed by atoms with Crippen LogP contribution in [0.15, 0.2) is 34.1 Å². The molecule has 1 saturated carbocycles. The summed E-state index contributed by atoms with van der Waals surface area (Å²) in [7, 11) is 0. The van der Waals surface area contributed by atoms with E-state index in [4.69, 9.17) is 0 Å². The summed E-state index contributed by atoms with van der Waals surface area (Å²) in [5.74, 6) is -1.81. The van der Waals surface area contributed by atoms with Crippen LogP contribution in [0.4, 0.5) is 0 Å². The van der Waals surface area contributed by atoms with Crippen LogP contribution >= 0.6 is 20.7 Å². The summed E-state index contributed by atoms with van der Waals surface area (Å²) in [6.45, 7) is 0. The van der Waals surface area contributed by atoms with Gasteiger partial charge in [-0.3, -0.25) is 14.7 Å². The van der Waals surface area contributed by atoms with Crippen LogP contribution in [0.1, 0.15) is 31.4 Å². The van der Waals surface area contributed by atoms with Gasteiger partial charge in [-0.25, -0.2) is 0 Å². The van der Waals surface area contributed by atoms with E-state index in [1.165, 1.54) is 0 Å². The first kappa shape index (κ1) is 16.1. The molecule has 1 fully saturated rings. The molecule has 3 rings (SSSR count). The normalized spacial score (nSPS) is 24.2. The molecule has 2 N–H and O–H groups in total. The third-order valence-corrected chi connectivity index (χ3v) is 6.13. The van der Waals surface area contributed by atoms with Gasteiger partial charge in [-0.2, -0.15) is 5.10 Å². The Balaban J connectivity index is 1.79. The maximum absolute atomic E-state index is 12.8. The van der Waals surface area contributed by atoms with Crippen molar-refractivity contribution in [3.05, 3.63) is 39.8 Å². The number of carboxylic acid groups (broad SMARTS) is 1. The number of ketones is 1.